The molecule has 0 spiro atoms. The van der Waals surface area contributed by atoms with Gasteiger partial charge in [0.25, 0.3) is 0 Å². The number of amides is 2. The summed E-state index contributed by atoms with van der Waals surface area (Å²) >= 11 is 0. The van der Waals surface area contributed by atoms with E-state index in [0.29, 0.717) is 34.3 Å². The molecule has 3 aromatic rings. The first kappa shape index (κ1) is 25.1. The van der Waals surface area contributed by atoms with Crippen LogP contribution in [-0.2, 0) is 0 Å². The van der Waals surface area contributed by atoms with Gasteiger partial charge in [0.2, 0.25) is 5.75 Å². The fraction of sp³-hybridized carbons (Fsp3) is 0.391. The molecule has 192 valence electrons. The van der Waals surface area contributed by atoms with E-state index in [1.54, 1.807) is 37.4 Å². The van der Waals surface area contributed by atoms with Gasteiger partial charge in [-0.15, -0.1) is 0 Å². The Kier molecular flexibility index (Phi) is 7.50. The number of fused-ring (bicyclic) bond motifs is 1. The fourth-order valence-electron chi connectivity index (χ4n) is 3.94. The summed E-state index contributed by atoms with van der Waals surface area (Å²) in [5.74, 6) is 2.02. The van der Waals surface area contributed by atoms with Crippen molar-refractivity contribution in [2.75, 3.05) is 38.5 Å². The Labute approximate surface area is 206 Å². The summed E-state index contributed by atoms with van der Waals surface area (Å²) in [5, 5.41) is 18.9. The molecule has 0 radical (unpaired) electrons. The van der Waals surface area contributed by atoms with Crippen molar-refractivity contribution in [2.45, 2.75) is 31.6 Å². The van der Waals surface area contributed by atoms with Gasteiger partial charge in [0.15, 0.2) is 23.0 Å². The Morgan fingerprint density at radius 2 is 1.81 bits per heavy atom. The number of benzene rings is 1. The molecule has 3 heterocycles. The van der Waals surface area contributed by atoms with Crippen LogP contribution in [0.3, 0.4) is 0 Å². The van der Waals surface area contributed by atoms with Crippen molar-refractivity contribution in [1.82, 2.24) is 25.3 Å². The van der Waals surface area contributed by atoms with Crippen LogP contribution in [0.1, 0.15) is 13.3 Å². The predicted molar refractivity (Wildman–Crippen MR) is 130 cm³/mol. The maximum absolute atomic E-state index is 14.5. The zero-order chi connectivity index (χ0) is 25.8. The predicted octanol–water partition coefficient (Wildman–Crippen LogP) is 3.11. The summed E-state index contributed by atoms with van der Waals surface area (Å²) in [5.41, 5.74) is 1.43. The summed E-state index contributed by atoms with van der Waals surface area (Å²) in [6.45, 7) is 1.82. The first-order valence-electron chi connectivity index (χ1n) is 11.2. The molecule has 1 aliphatic heterocycles. The molecule has 1 saturated heterocycles. The molecular formula is C23H28FN7O5. The third-order valence-electron chi connectivity index (χ3n) is 5.89. The van der Waals surface area contributed by atoms with E-state index in [1.807, 2.05) is 0 Å². The number of rotatable bonds is 7. The Balaban J connectivity index is 1.49. The topological polar surface area (TPSA) is 143 Å². The van der Waals surface area contributed by atoms with Gasteiger partial charge in [-0.3, -0.25) is 5.32 Å². The van der Waals surface area contributed by atoms with Crippen molar-refractivity contribution in [3.05, 3.63) is 30.5 Å². The summed E-state index contributed by atoms with van der Waals surface area (Å²) in [4.78, 5) is 25.6. The van der Waals surface area contributed by atoms with E-state index >= 15 is 0 Å². The van der Waals surface area contributed by atoms with E-state index in [1.165, 1.54) is 21.3 Å². The number of nitrogens with one attached hydrogen (secondary N) is 3. The number of hydrogen-bond acceptors (Lipinski definition) is 10. The van der Waals surface area contributed by atoms with E-state index in [4.69, 9.17) is 14.2 Å². The van der Waals surface area contributed by atoms with Crippen molar-refractivity contribution in [2.24, 2.45) is 0 Å². The molecule has 4 rings (SSSR count). The van der Waals surface area contributed by atoms with E-state index < -0.39 is 24.3 Å². The summed E-state index contributed by atoms with van der Waals surface area (Å²) in [6.07, 6.45) is 0.416. The molecule has 1 aromatic carbocycles. The molecule has 0 saturated carbocycles. The zero-order valence-electron chi connectivity index (χ0n) is 20.3. The van der Waals surface area contributed by atoms with Crippen molar-refractivity contribution in [3.8, 4) is 17.2 Å². The number of aromatic nitrogens is 3. The number of carbonyl (C=O) groups excluding carboxylic acids is 1. The summed E-state index contributed by atoms with van der Waals surface area (Å²) in [7, 11) is 4.57. The van der Waals surface area contributed by atoms with E-state index in [-0.39, 0.29) is 24.4 Å². The van der Waals surface area contributed by atoms with Crippen molar-refractivity contribution >= 4 is 34.5 Å². The van der Waals surface area contributed by atoms with Crippen LogP contribution in [0, 0.1) is 0 Å². The molecule has 3 unspecified atom stereocenters. The Hall–Kier alpha value is -3.97. The molecule has 2 aromatic heterocycles. The highest BCUT2D eigenvalue weighted by Gasteiger charge is 2.36. The van der Waals surface area contributed by atoms with E-state index in [9.17, 15) is 14.4 Å². The molecule has 36 heavy (non-hydrogen) atoms. The number of nitrogens with zero attached hydrogens (tertiary/aromatic N) is 4. The second-order valence-electron chi connectivity index (χ2n) is 8.18. The Morgan fingerprint density at radius 1 is 1.11 bits per heavy atom. The SMILES string of the molecule is COc1cc(Nc2cnc3ccc(NC(=O)NC4CCN(O)C(C)C4F)nc3n2)cc(OC)c1OC. The third kappa shape index (κ3) is 5.31. The number of halogens is 1. The number of alkyl halides is 1. The number of anilines is 3. The average Bonchev–Trinajstić information content (AvgIpc) is 2.88. The maximum atomic E-state index is 14.5. The largest absolute Gasteiger partial charge is 0.493 e. The number of carbonyl (C=O) groups is 1. The second kappa shape index (κ2) is 10.7. The quantitative estimate of drug-likeness (QED) is 0.381. The molecule has 2 amide bonds. The maximum Gasteiger partial charge on any atom is 0.320 e. The minimum absolute atomic E-state index is 0.224. The number of hydroxylamine groups is 2. The van der Waals surface area contributed by atoms with E-state index in [0.717, 1.165) is 5.06 Å². The summed E-state index contributed by atoms with van der Waals surface area (Å²) < 4.78 is 30.5. The smallest absolute Gasteiger partial charge is 0.320 e. The first-order chi connectivity index (χ1) is 17.3. The van der Waals surface area contributed by atoms with Crippen LogP contribution in [0.25, 0.3) is 11.2 Å². The molecule has 1 fully saturated rings. The van der Waals surface area contributed by atoms with Crippen LogP contribution in [-0.4, -0.2) is 77.4 Å². The van der Waals surface area contributed by atoms with Crippen LogP contribution < -0.4 is 30.2 Å². The minimum atomic E-state index is -1.41. The summed E-state index contributed by atoms with van der Waals surface area (Å²) in [6, 6.07) is 4.65. The lowest BCUT2D eigenvalue weighted by Gasteiger charge is -2.36. The van der Waals surface area contributed by atoms with Gasteiger partial charge in [0, 0.05) is 24.4 Å². The number of urea groups is 1. The second-order valence-corrected chi connectivity index (χ2v) is 8.18. The highest BCUT2D eigenvalue weighted by atomic mass is 19.1. The number of methoxy groups -OCH3 is 3. The van der Waals surface area contributed by atoms with Gasteiger partial charge in [-0.05, 0) is 25.5 Å². The zero-order valence-corrected chi connectivity index (χ0v) is 20.3. The molecule has 3 atom stereocenters. The number of piperidine rings is 1. The molecule has 1 aliphatic rings. The molecular weight excluding hydrogens is 473 g/mol. The van der Waals surface area contributed by atoms with Gasteiger partial charge in [-0.25, -0.2) is 24.1 Å². The van der Waals surface area contributed by atoms with Crippen LogP contribution in [0.15, 0.2) is 30.5 Å². The minimum Gasteiger partial charge on any atom is -0.493 e. The van der Waals surface area contributed by atoms with Gasteiger partial charge < -0.3 is 30.1 Å². The molecule has 0 aliphatic carbocycles. The van der Waals surface area contributed by atoms with Crippen LogP contribution in [0.2, 0.25) is 0 Å². The average molecular weight is 502 g/mol. The van der Waals surface area contributed by atoms with Crippen molar-refractivity contribution in [3.63, 3.8) is 0 Å². The number of ether oxygens (including phenoxy) is 3. The van der Waals surface area contributed by atoms with Crippen molar-refractivity contribution < 1.29 is 28.6 Å². The third-order valence-corrected chi connectivity index (χ3v) is 5.89. The number of hydrogen-bond donors (Lipinski definition) is 4. The lowest BCUT2D eigenvalue weighted by molar-refractivity contribution is -0.161. The molecule has 0 bridgehead atoms. The molecule has 12 nitrogen and oxygen atoms in total. The molecule has 4 N–H and O–H groups in total. The van der Waals surface area contributed by atoms with Crippen LogP contribution in [0.4, 0.5) is 26.5 Å². The van der Waals surface area contributed by atoms with Crippen LogP contribution in [0.5, 0.6) is 17.2 Å². The first-order valence-corrected chi connectivity index (χ1v) is 11.2. The van der Waals surface area contributed by atoms with Crippen molar-refractivity contribution in [1.29, 1.82) is 0 Å². The number of pyridine rings is 1. The van der Waals surface area contributed by atoms with Gasteiger partial charge >= 0.3 is 6.03 Å². The molecule has 13 heteroatoms. The normalized spacial score (nSPS) is 20.0. The lowest BCUT2D eigenvalue weighted by atomic mass is 9.98. The highest BCUT2D eigenvalue weighted by Crippen LogP contribution is 2.40. The van der Waals surface area contributed by atoms with Gasteiger partial charge in [-0.2, -0.15) is 5.06 Å². The Morgan fingerprint density at radius 3 is 2.47 bits per heavy atom. The van der Waals surface area contributed by atoms with E-state index in [2.05, 4.69) is 30.9 Å². The van der Waals surface area contributed by atoms with Crippen LogP contribution >= 0.6 is 0 Å². The fourth-order valence-corrected chi connectivity index (χ4v) is 3.94. The van der Waals surface area contributed by atoms with Gasteiger partial charge in [0.05, 0.1) is 39.6 Å². The monoisotopic (exact) mass is 501 g/mol. The standard InChI is InChI=1S/C23H28FN7O5/c1-12-20(24)14(7-8-31(12)33)27-23(32)30-18-6-5-15-22(28-18)29-19(11-25-15)26-13-9-16(34-2)21(36-4)17(10-13)35-3/h5-6,9-12,14,20,33H,7-8H2,1-4H3,(H3,26,27,28,29,30,32). The Bertz CT molecular complexity index is 1220. The van der Waals surface area contributed by atoms with Gasteiger partial charge in [0.1, 0.15) is 17.5 Å². The lowest BCUT2D eigenvalue weighted by Crippen LogP contribution is -2.56. The highest BCUT2D eigenvalue weighted by molar-refractivity contribution is 5.89. The van der Waals surface area contributed by atoms with Gasteiger partial charge in [-0.1, -0.05) is 0 Å².